The number of aldehydes is 2. The van der Waals surface area contributed by atoms with E-state index in [0.29, 0.717) is 11.8 Å². The van der Waals surface area contributed by atoms with Crippen LogP contribution in [0.5, 0.6) is 0 Å². The maximum Gasteiger partial charge on any atom is 0.160 e. The number of carbonyl (C=O) groups is 2. The number of aromatic nitrogens is 4. The van der Waals surface area contributed by atoms with E-state index in [9.17, 15) is 9.59 Å². The standard InChI is InChI=1S/C56H50N4O2S10/c1-5-9-11-31(7-3)25-33-13-19-43(63-33)47-49-52(72-55(59-49)53-57-27-45(69-53)41-23-21-39(67-41)37-17-15-35(29-61)65-37)48(44-20-14-34(64-44)26-32(8-4)12-10-6-2)50-51(47)71-56(60-50)54-58-28-46(70-54)42-24-22-40(68-42)38-18-16-36(30-62)66-38/h13-24,27-32H,5-12,25-26H2,1-4H3. The van der Waals surface area contributed by atoms with E-state index >= 15 is 0 Å². The SMILES string of the molecule is CCCCC(CC)Cc1ccc(-c2c3nc(-c4ncc(-c5ccc(-c6ccc(C=O)s6)s5)s4)sc3c(-c3ccc(CC(CC)CCCC)s3)c3nc(-c4ncc(-c5ccc(-c6ccc(C=O)s6)s5)s4)sc23)s1. The molecule has 0 aliphatic rings. The van der Waals surface area contributed by atoms with Crippen LogP contribution < -0.4 is 0 Å². The van der Waals surface area contributed by atoms with Crippen molar-refractivity contribution >= 4 is 146 Å². The molecule has 0 saturated carbocycles. The molecule has 0 spiro atoms. The van der Waals surface area contributed by atoms with Crippen LogP contribution in [-0.4, -0.2) is 32.5 Å². The summed E-state index contributed by atoms with van der Waals surface area (Å²) in [5.41, 5.74) is 4.34. The van der Waals surface area contributed by atoms with Gasteiger partial charge in [-0.05, 0) is 97.5 Å². The van der Waals surface area contributed by atoms with Crippen LogP contribution in [0.25, 0.3) is 100 Å². The van der Waals surface area contributed by atoms with E-state index in [2.05, 4.69) is 76.2 Å². The zero-order valence-corrected chi connectivity index (χ0v) is 48.3. The molecule has 0 radical (unpaired) electrons. The number of hydrogen-bond acceptors (Lipinski definition) is 16. The van der Waals surface area contributed by atoms with E-state index in [1.54, 1.807) is 68.0 Å². The lowest BCUT2D eigenvalue weighted by atomic mass is 9.95. The van der Waals surface area contributed by atoms with Gasteiger partial charge in [0.1, 0.15) is 0 Å². The summed E-state index contributed by atoms with van der Waals surface area (Å²) >= 11 is 17.2. The predicted molar refractivity (Wildman–Crippen MR) is 320 cm³/mol. The molecule has 2 unspecified atom stereocenters. The molecule has 0 bridgehead atoms. The summed E-state index contributed by atoms with van der Waals surface area (Å²) in [6.07, 6.45) is 17.9. The van der Waals surface area contributed by atoms with Crippen LogP contribution in [-0.2, 0) is 12.8 Å². The number of fused-ring (bicyclic) bond motifs is 2. The van der Waals surface area contributed by atoms with Crippen LogP contribution in [0.3, 0.4) is 0 Å². The fourth-order valence-corrected chi connectivity index (χ4v) is 19.8. The molecule has 0 fully saturated rings. The molecule has 0 amide bonds. The maximum atomic E-state index is 11.5. The first-order valence-electron chi connectivity index (χ1n) is 24.5. The number of rotatable bonds is 22. The molecule has 0 aliphatic heterocycles. The summed E-state index contributed by atoms with van der Waals surface area (Å²) in [7, 11) is 0. The first-order valence-corrected chi connectivity index (χ1v) is 32.7. The van der Waals surface area contributed by atoms with Gasteiger partial charge in [0.15, 0.2) is 32.6 Å². The summed E-state index contributed by atoms with van der Waals surface area (Å²) in [5, 5.41) is 3.66. The smallest absolute Gasteiger partial charge is 0.160 e. The molecule has 10 heterocycles. The Balaban J connectivity index is 1.05. The van der Waals surface area contributed by atoms with Gasteiger partial charge in [-0.3, -0.25) is 9.59 Å². The second-order valence-corrected chi connectivity index (χ2v) is 28.7. The van der Waals surface area contributed by atoms with Gasteiger partial charge in [-0.15, -0.1) is 113 Å². The highest BCUT2D eigenvalue weighted by atomic mass is 32.1. The third-order valence-corrected chi connectivity index (χ3v) is 24.8. The Hall–Kier alpha value is -4.20. The molecule has 2 atom stereocenters. The summed E-state index contributed by atoms with van der Waals surface area (Å²) < 4.78 is 2.30. The number of nitrogens with zero attached hydrogens (tertiary/aromatic N) is 4. The molecule has 0 aliphatic carbocycles. The van der Waals surface area contributed by atoms with Crippen LogP contribution in [0.1, 0.15) is 108 Å². The molecule has 0 saturated heterocycles. The van der Waals surface area contributed by atoms with Gasteiger partial charge in [0.05, 0.1) is 39.9 Å². The number of unbranched alkanes of at least 4 members (excludes halogenated alkanes) is 2. The fraction of sp³-hybridized carbons (Fsp3) is 0.286. The van der Waals surface area contributed by atoms with Crippen molar-refractivity contribution in [3.63, 3.8) is 0 Å². The number of benzene rings is 1. The third kappa shape index (κ3) is 10.3. The second-order valence-electron chi connectivity index (χ2n) is 17.9. The van der Waals surface area contributed by atoms with Crippen molar-refractivity contribution in [3.8, 4) is 79.9 Å². The summed E-state index contributed by atoms with van der Waals surface area (Å²) in [6.45, 7) is 9.26. The monoisotopic (exact) mass is 1130 g/mol. The van der Waals surface area contributed by atoms with E-state index in [4.69, 9.17) is 19.9 Å². The van der Waals surface area contributed by atoms with E-state index in [0.717, 1.165) is 126 Å². The van der Waals surface area contributed by atoms with Crippen molar-refractivity contribution in [2.45, 2.75) is 91.9 Å². The van der Waals surface area contributed by atoms with Gasteiger partial charge in [0.25, 0.3) is 0 Å². The highest BCUT2D eigenvalue weighted by Gasteiger charge is 2.28. The molecular weight excluding hydrogens is 1080 g/mol. The van der Waals surface area contributed by atoms with Crippen molar-refractivity contribution in [3.05, 3.63) is 105 Å². The largest absolute Gasteiger partial charge is 0.297 e. The molecule has 72 heavy (non-hydrogen) atoms. The number of hydrogen-bond donors (Lipinski definition) is 0. The van der Waals surface area contributed by atoms with E-state index in [1.165, 1.54) is 93.5 Å². The molecule has 1 aromatic carbocycles. The van der Waals surface area contributed by atoms with Crippen molar-refractivity contribution in [2.75, 3.05) is 0 Å². The summed E-state index contributed by atoms with van der Waals surface area (Å²) in [5.74, 6) is 1.33. The molecule has 11 aromatic rings. The zero-order chi connectivity index (χ0) is 49.3. The highest BCUT2D eigenvalue weighted by Crippen LogP contribution is 2.53. The predicted octanol–water partition coefficient (Wildman–Crippen LogP) is 20.7. The third-order valence-electron chi connectivity index (χ3n) is 13.1. The quantitative estimate of drug-likeness (QED) is 0.0629. The van der Waals surface area contributed by atoms with Crippen molar-refractivity contribution < 1.29 is 9.59 Å². The lowest BCUT2D eigenvalue weighted by Gasteiger charge is -2.13. The minimum atomic E-state index is 0.664. The molecule has 366 valence electrons. The van der Waals surface area contributed by atoms with Crippen molar-refractivity contribution in [1.82, 2.24) is 19.9 Å². The van der Waals surface area contributed by atoms with Crippen LogP contribution >= 0.6 is 113 Å². The van der Waals surface area contributed by atoms with Crippen LogP contribution in [0, 0.1) is 11.8 Å². The van der Waals surface area contributed by atoms with E-state index < -0.39 is 0 Å². The second kappa shape index (κ2) is 22.3. The molecule has 10 aromatic heterocycles. The van der Waals surface area contributed by atoms with Gasteiger partial charge in [-0.2, -0.15) is 0 Å². The van der Waals surface area contributed by atoms with Crippen LogP contribution in [0.2, 0.25) is 0 Å². The number of thiazole rings is 4. The zero-order valence-electron chi connectivity index (χ0n) is 40.2. The van der Waals surface area contributed by atoms with Gasteiger partial charge in [0, 0.05) is 72.3 Å². The average molecular weight is 1130 g/mol. The topological polar surface area (TPSA) is 85.7 Å². The minimum Gasteiger partial charge on any atom is -0.297 e. The Morgan fingerprint density at radius 1 is 0.417 bits per heavy atom. The van der Waals surface area contributed by atoms with Crippen LogP contribution in [0.15, 0.2) is 85.2 Å². The van der Waals surface area contributed by atoms with Crippen molar-refractivity contribution in [2.24, 2.45) is 11.8 Å². The molecule has 0 N–H and O–H groups in total. The number of carbonyl (C=O) groups excluding carboxylic acids is 2. The van der Waals surface area contributed by atoms with Gasteiger partial charge >= 0.3 is 0 Å². The molecule has 16 heteroatoms. The van der Waals surface area contributed by atoms with Gasteiger partial charge in [0.2, 0.25) is 0 Å². The van der Waals surface area contributed by atoms with Gasteiger partial charge in [-0.25, -0.2) is 19.9 Å². The summed E-state index contributed by atoms with van der Waals surface area (Å²) in [4.78, 5) is 60.1. The molecule has 6 nitrogen and oxygen atoms in total. The highest BCUT2D eigenvalue weighted by molar-refractivity contribution is 7.31. The minimum absolute atomic E-state index is 0.664. The maximum absolute atomic E-state index is 11.5. The van der Waals surface area contributed by atoms with Gasteiger partial charge < -0.3 is 0 Å². The first-order chi connectivity index (χ1) is 35.3. The van der Waals surface area contributed by atoms with E-state index in [1.807, 2.05) is 59.3 Å². The van der Waals surface area contributed by atoms with E-state index in [-0.39, 0.29) is 0 Å². The summed E-state index contributed by atoms with van der Waals surface area (Å²) in [6, 6.07) is 25.9. The Morgan fingerprint density at radius 2 is 0.806 bits per heavy atom. The van der Waals surface area contributed by atoms with Crippen molar-refractivity contribution in [1.29, 1.82) is 0 Å². The molecule has 11 rings (SSSR count). The Kier molecular flexibility index (Phi) is 15.5. The normalized spacial score (nSPS) is 12.7. The average Bonchev–Trinajstić information content (AvgIpc) is 4.24. The Bertz CT molecular complexity index is 3360. The lowest BCUT2D eigenvalue weighted by Crippen LogP contribution is -2.01. The van der Waals surface area contributed by atoms with Gasteiger partial charge in [-0.1, -0.05) is 79.1 Å². The lowest BCUT2D eigenvalue weighted by molar-refractivity contribution is 0.111. The Labute approximate surface area is 459 Å². The first kappa shape index (κ1) is 50.0. The number of thiophene rings is 6. The molecular formula is C56H50N4O2S10. The Morgan fingerprint density at radius 3 is 1.19 bits per heavy atom. The fourth-order valence-electron chi connectivity index (χ4n) is 9.15. The van der Waals surface area contributed by atoms with Crippen LogP contribution in [0.4, 0.5) is 0 Å².